The minimum Gasteiger partial charge on any atom is -0.358 e. The first-order valence-corrected chi connectivity index (χ1v) is 12.3. The Balaban J connectivity index is 1.70. The number of benzene rings is 2. The molecular formula is C28H37N5O3. The molecule has 0 fully saturated rings. The summed E-state index contributed by atoms with van der Waals surface area (Å²) in [6, 6.07) is 14.3. The number of hydrogen-bond donors (Lipinski definition) is 5. The number of aromatic nitrogens is 1. The van der Waals surface area contributed by atoms with Gasteiger partial charge in [0.05, 0.1) is 0 Å². The first-order valence-electron chi connectivity index (χ1n) is 12.3. The summed E-state index contributed by atoms with van der Waals surface area (Å²) in [7, 11) is 0. The number of aromatic amines is 1. The van der Waals surface area contributed by atoms with E-state index in [4.69, 9.17) is 5.84 Å². The molecule has 0 spiro atoms. The molecule has 0 saturated carbocycles. The topological polar surface area (TPSA) is 129 Å². The van der Waals surface area contributed by atoms with E-state index in [1.165, 1.54) is 0 Å². The molecule has 3 aromatic rings. The van der Waals surface area contributed by atoms with E-state index in [0.717, 1.165) is 22.2 Å². The van der Waals surface area contributed by atoms with Crippen LogP contribution in [0.5, 0.6) is 0 Å². The molecule has 1 atom stereocenters. The van der Waals surface area contributed by atoms with E-state index in [1.807, 2.05) is 50.2 Å². The maximum absolute atomic E-state index is 13.2. The predicted octanol–water partition coefficient (Wildman–Crippen LogP) is 4.17. The van der Waals surface area contributed by atoms with Gasteiger partial charge in [0.15, 0.2) is 0 Å². The Bertz CT molecular complexity index is 1220. The Labute approximate surface area is 212 Å². The second-order valence-corrected chi connectivity index (χ2v) is 10.6. The molecule has 0 radical (unpaired) electrons. The van der Waals surface area contributed by atoms with Gasteiger partial charge in [-0.15, -0.1) is 0 Å². The maximum atomic E-state index is 13.2. The van der Waals surface area contributed by atoms with E-state index in [-0.39, 0.29) is 35.5 Å². The van der Waals surface area contributed by atoms with Crippen LogP contribution in [0.2, 0.25) is 0 Å². The third kappa shape index (κ3) is 7.18. The van der Waals surface area contributed by atoms with Crippen molar-refractivity contribution in [2.75, 3.05) is 5.32 Å². The average molecular weight is 492 g/mol. The van der Waals surface area contributed by atoms with Crippen molar-refractivity contribution < 1.29 is 14.4 Å². The van der Waals surface area contributed by atoms with Crippen LogP contribution in [-0.4, -0.2) is 28.7 Å². The van der Waals surface area contributed by atoms with Crippen LogP contribution >= 0.6 is 0 Å². The molecule has 0 bridgehead atoms. The molecule has 0 aliphatic heterocycles. The number of H-pyrrole nitrogens is 1. The Hall–Kier alpha value is -3.65. The second kappa shape index (κ2) is 11.4. The van der Waals surface area contributed by atoms with E-state index >= 15 is 0 Å². The fourth-order valence-corrected chi connectivity index (χ4v) is 4.02. The van der Waals surface area contributed by atoms with Gasteiger partial charge in [0.1, 0.15) is 6.04 Å². The standard InChI is InChI=1S/C28H37N5O3/c1-17(2)14-24(32-26(35)18-6-8-20(9-7-18)28(3,4)5)27(36)31-22-10-12-23-19(16-22)15-21(30-23)11-13-25(34)33-29/h6-10,12,15-17,24,30H,11,13-14,29H2,1-5H3,(H,31,36)(H,32,35)(H,33,34). The van der Waals surface area contributed by atoms with Gasteiger partial charge in [0.2, 0.25) is 11.8 Å². The second-order valence-electron chi connectivity index (χ2n) is 10.6. The predicted molar refractivity (Wildman–Crippen MR) is 143 cm³/mol. The lowest BCUT2D eigenvalue weighted by molar-refractivity contribution is -0.121. The summed E-state index contributed by atoms with van der Waals surface area (Å²) in [5.74, 6) is 4.58. The quantitative estimate of drug-likeness (QED) is 0.175. The highest BCUT2D eigenvalue weighted by atomic mass is 16.2. The summed E-state index contributed by atoms with van der Waals surface area (Å²) in [5, 5.41) is 6.77. The summed E-state index contributed by atoms with van der Waals surface area (Å²) in [6.07, 6.45) is 1.32. The fourth-order valence-electron chi connectivity index (χ4n) is 4.02. The van der Waals surface area contributed by atoms with Crippen molar-refractivity contribution >= 4 is 34.3 Å². The molecule has 0 saturated heterocycles. The van der Waals surface area contributed by atoms with Gasteiger partial charge < -0.3 is 15.6 Å². The van der Waals surface area contributed by atoms with E-state index in [1.54, 1.807) is 12.1 Å². The zero-order valence-corrected chi connectivity index (χ0v) is 21.7. The third-order valence-electron chi connectivity index (χ3n) is 6.07. The van der Waals surface area contributed by atoms with Crippen molar-refractivity contribution in [3.8, 4) is 0 Å². The van der Waals surface area contributed by atoms with Gasteiger partial charge in [-0.05, 0) is 66.1 Å². The van der Waals surface area contributed by atoms with Gasteiger partial charge in [0, 0.05) is 34.3 Å². The summed E-state index contributed by atoms with van der Waals surface area (Å²) in [6.45, 7) is 10.4. The minimum atomic E-state index is -0.674. The third-order valence-corrected chi connectivity index (χ3v) is 6.07. The number of hydrazine groups is 1. The van der Waals surface area contributed by atoms with Crippen molar-refractivity contribution in [2.24, 2.45) is 11.8 Å². The molecular weight excluding hydrogens is 454 g/mol. The number of aryl methyl sites for hydroxylation is 1. The molecule has 3 amide bonds. The van der Waals surface area contributed by atoms with E-state index in [2.05, 4.69) is 41.8 Å². The van der Waals surface area contributed by atoms with Gasteiger partial charge in [-0.1, -0.05) is 46.8 Å². The van der Waals surface area contributed by atoms with Crippen LogP contribution in [0.1, 0.15) is 69.1 Å². The number of anilines is 1. The van der Waals surface area contributed by atoms with E-state index in [9.17, 15) is 14.4 Å². The van der Waals surface area contributed by atoms with Crippen LogP contribution in [0.25, 0.3) is 10.9 Å². The van der Waals surface area contributed by atoms with Crippen LogP contribution in [-0.2, 0) is 21.4 Å². The number of fused-ring (bicyclic) bond motifs is 1. The summed E-state index contributed by atoms with van der Waals surface area (Å²) in [4.78, 5) is 40.8. The van der Waals surface area contributed by atoms with Crippen LogP contribution in [0.4, 0.5) is 5.69 Å². The average Bonchev–Trinajstić information content (AvgIpc) is 3.23. The molecule has 0 aliphatic carbocycles. The zero-order valence-electron chi connectivity index (χ0n) is 21.7. The van der Waals surface area contributed by atoms with Gasteiger partial charge in [-0.25, -0.2) is 5.84 Å². The SMILES string of the molecule is CC(C)CC(NC(=O)c1ccc(C(C)(C)C)cc1)C(=O)Nc1ccc2[nH]c(CCC(=O)NN)cc2c1. The Morgan fingerprint density at radius 2 is 1.69 bits per heavy atom. The van der Waals surface area contributed by atoms with Crippen molar-refractivity contribution in [3.05, 3.63) is 65.4 Å². The lowest BCUT2D eigenvalue weighted by atomic mass is 9.86. The Morgan fingerprint density at radius 1 is 1.00 bits per heavy atom. The van der Waals surface area contributed by atoms with E-state index < -0.39 is 6.04 Å². The number of carbonyl (C=O) groups excluding carboxylic acids is 3. The molecule has 2 aromatic carbocycles. The number of nitrogens with two attached hydrogens (primary N) is 1. The van der Waals surface area contributed by atoms with Gasteiger partial charge in [-0.3, -0.25) is 19.8 Å². The van der Waals surface area contributed by atoms with Crippen LogP contribution in [0.3, 0.4) is 0 Å². The van der Waals surface area contributed by atoms with Gasteiger partial charge >= 0.3 is 0 Å². The highest BCUT2D eigenvalue weighted by molar-refractivity contribution is 6.02. The maximum Gasteiger partial charge on any atom is 0.251 e. The van der Waals surface area contributed by atoms with E-state index in [0.29, 0.717) is 24.1 Å². The summed E-state index contributed by atoms with van der Waals surface area (Å²) >= 11 is 0. The molecule has 1 unspecified atom stereocenters. The highest BCUT2D eigenvalue weighted by Gasteiger charge is 2.23. The minimum absolute atomic E-state index is 0.00446. The van der Waals surface area contributed by atoms with Crippen molar-refractivity contribution in [1.82, 2.24) is 15.7 Å². The molecule has 36 heavy (non-hydrogen) atoms. The molecule has 8 nitrogen and oxygen atoms in total. The van der Waals surface area contributed by atoms with Gasteiger partial charge in [-0.2, -0.15) is 0 Å². The molecule has 1 aromatic heterocycles. The number of nitrogens with one attached hydrogen (secondary N) is 4. The van der Waals surface area contributed by atoms with Crippen molar-refractivity contribution in [1.29, 1.82) is 0 Å². The fraction of sp³-hybridized carbons (Fsp3) is 0.393. The summed E-state index contributed by atoms with van der Waals surface area (Å²) < 4.78 is 0. The first kappa shape index (κ1) is 26.9. The molecule has 8 heteroatoms. The van der Waals surface area contributed by atoms with Crippen molar-refractivity contribution in [2.45, 2.75) is 65.3 Å². The largest absolute Gasteiger partial charge is 0.358 e. The highest BCUT2D eigenvalue weighted by Crippen LogP contribution is 2.23. The van der Waals surface area contributed by atoms with Crippen LogP contribution in [0, 0.1) is 5.92 Å². The lowest BCUT2D eigenvalue weighted by Crippen LogP contribution is -2.44. The lowest BCUT2D eigenvalue weighted by Gasteiger charge is -2.21. The zero-order chi connectivity index (χ0) is 26.5. The Morgan fingerprint density at radius 3 is 2.31 bits per heavy atom. The number of amides is 3. The summed E-state index contributed by atoms with van der Waals surface area (Å²) in [5.41, 5.74) is 6.22. The number of rotatable bonds is 9. The smallest absolute Gasteiger partial charge is 0.251 e. The van der Waals surface area contributed by atoms with Crippen LogP contribution < -0.4 is 21.9 Å². The normalized spacial score (nSPS) is 12.4. The molecule has 3 rings (SSSR count). The van der Waals surface area contributed by atoms with Crippen molar-refractivity contribution in [3.63, 3.8) is 0 Å². The number of hydrogen-bond acceptors (Lipinski definition) is 4. The molecule has 192 valence electrons. The molecule has 1 heterocycles. The molecule has 6 N–H and O–H groups in total. The monoisotopic (exact) mass is 491 g/mol. The first-order chi connectivity index (χ1) is 17.0. The number of carbonyl (C=O) groups is 3. The molecule has 0 aliphatic rings. The van der Waals surface area contributed by atoms with Gasteiger partial charge in [0.25, 0.3) is 5.91 Å². The van der Waals surface area contributed by atoms with Crippen LogP contribution in [0.15, 0.2) is 48.5 Å². The Kier molecular flexibility index (Phi) is 8.53.